The number of dihydropyridines is 1. The SMILES string of the molecule is CCOC(=O)C1=C(C)NC2=C(C(=O)CC(C)(C)C2)C1c1nc(C)cs1. The van der Waals surface area contributed by atoms with E-state index in [2.05, 4.69) is 24.1 Å². The Morgan fingerprint density at radius 1 is 1.40 bits per heavy atom. The minimum atomic E-state index is -0.433. The van der Waals surface area contributed by atoms with E-state index in [4.69, 9.17) is 4.74 Å². The van der Waals surface area contributed by atoms with E-state index in [1.165, 1.54) is 11.3 Å². The average Bonchev–Trinajstić information content (AvgIpc) is 2.90. The molecule has 0 spiro atoms. The number of Topliss-reactive ketones (excluding diaryl/α,β-unsaturated/α-hetero) is 1. The summed E-state index contributed by atoms with van der Waals surface area (Å²) in [5, 5.41) is 6.05. The normalized spacial score (nSPS) is 22.6. The number of ketones is 1. The summed E-state index contributed by atoms with van der Waals surface area (Å²) in [7, 11) is 0. The number of nitrogens with zero attached hydrogens (tertiary/aromatic N) is 1. The molecule has 6 heteroatoms. The molecule has 5 nitrogen and oxygen atoms in total. The quantitative estimate of drug-likeness (QED) is 0.834. The van der Waals surface area contributed by atoms with E-state index in [9.17, 15) is 9.59 Å². The average molecular weight is 360 g/mol. The number of aryl methyl sites for hydroxylation is 1. The highest BCUT2D eigenvalue weighted by molar-refractivity contribution is 7.09. The van der Waals surface area contributed by atoms with E-state index < -0.39 is 5.92 Å². The summed E-state index contributed by atoms with van der Waals surface area (Å²) < 4.78 is 5.27. The Hall–Kier alpha value is -1.95. The molecule has 3 rings (SSSR count). The maximum Gasteiger partial charge on any atom is 0.336 e. The molecule has 0 bridgehead atoms. The van der Waals surface area contributed by atoms with Crippen molar-refractivity contribution in [2.24, 2.45) is 5.41 Å². The summed E-state index contributed by atoms with van der Waals surface area (Å²) >= 11 is 1.49. The van der Waals surface area contributed by atoms with E-state index >= 15 is 0 Å². The highest BCUT2D eigenvalue weighted by Crippen LogP contribution is 2.47. The Balaban J connectivity index is 2.15. The number of thiazole rings is 1. The molecule has 1 aromatic heterocycles. The largest absolute Gasteiger partial charge is 0.463 e. The van der Waals surface area contributed by atoms with Gasteiger partial charge in [0.1, 0.15) is 5.01 Å². The summed E-state index contributed by atoms with van der Waals surface area (Å²) in [6.07, 6.45) is 1.26. The number of allylic oxidation sites excluding steroid dienone is 3. The van der Waals surface area contributed by atoms with E-state index in [0.717, 1.165) is 28.5 Å². The summed E-state index contributed by atoms with van der Waals surface area (Å²) in [5.41, 5.74) is 3.66. The van der Waals surface area contributed by atoms with Gasteiger partial charge in [-0.05, 0) is 32.6 Å². The standard InChI is InChI=1S/C19H24N2O3S/c1-6-24-18(23)14-11(3)21-12-7-19(4,5)8-13(22)15(12)16(14)17-20-10(2)9-25-17/h9,16,21H,6-8H2,1-5H3. The molecule has 0 radical (unpaired) electrons. The Bertz CT molecular complexity index is 801. The number of rotatable bonds is 3. The molecule has 1 aliphatic heterocycles. The third kappa shape index (κ3) is 3.27. The minimum Gasteiger partial charge on any atom is -0.463 e. The minimum absolute atomic E-state index is 0.0888. The number of esters is 1. The van der Waals surface area contributed by atoms with Gasteiger partial charge in [0.25, 0.3) is 0 Å². The van der Waals surface area contributed by atoms with Gasteiger partial charge >= 0.3 is 5.97 Å². The number of aromatic nitrogens is 1. The highest BCUT2D eigenvalue weighted by atomic mass is 32.1. The van der Waals surface area contributed by atoms with Crippen LogP contribution in [0.1, 0.15) is 57.2 Å². The summed E-state index contributed by atoms with van der Waals surface area (Å²) in [5.74, 6) is -0.724. The third-order valence-electron chi connectivity index (χ3n) is 4.62. The summed E-state index contributed by atoms with van der Waals surface area (Å²) in [4.78, 5) is 30.2. The molecule has 1 aromatic rings. The van der Waals surface area contributed by atoms with Gasteiger partial charge in [0.05, 0.1) is 18.1 Å². The van der Waals surface area contributed by atoms with Gasteiger partial charge in [0.15, 0.2) is 5.78 Å². The van der Waals surface area contributed by atoms with Gasteiger partial charge < -0.3 is 10.1 Å². The third-order valence-corrected chi connectivity index (χ3v) is 5.65. The molecule has 0 saturated carbocycles. The van der Waals surface area contributed by atoms with Gasteiger partial charge in [-0.25, -0.2) is 9.78 Å². The Morgan fingerprint density at radius 2 is 2.12 bits per heavy atom. The lowest BCUT2D eigenvalue weighted by molar-refractivity contribution is -0.138. The predicted octanol–water partition coefficient (Wildman–Crippen LogP) is 3.62. The fourth-order valence-corrected chi connectivity index (χ4v) is 4.58. The van der Waals surface area contributed by atoms with Crippen LogP contribution in [0, 0.1) is 12.3 Å². The molecular weight excluding hydrogens is 336 g/mol. The first-order valence-electron chi connectivity index (χ1n) is 8.56. The molecule has 1 atom stereocenters. The first-order chi connectivity index (χ1) is 11.7. The van der Waals surface area contributed by atoms with Crippen molar-refractivity contribution in [2.45, 2.75) is 53.4 Å². The fourth-order valence-electron chi connectivity index (χ4n) is 3.67. The van der Waals surface area contributed by atoms with Crippen molar-refractivity contribution in [3.63, 3.8) is 0 Å². The van der Waals surface area contributed by atoms with Crippen LogP contribution >= 0.6 is 11.3 Å². The molecule has 25 heavy (non-hydrogen) atoms. The van der Waals surface area contributed by atoms with Crippen molar-refractivity contribution in [2.75, 3.05) is 6.61 Å². The number of ether oxygens (including phenoxy) is 1. The second kappa shape index (κ2) is 6.41. The van der Waals surface area contributed by atoms with Gasteiger partial charge in [-0.1, -0.05) is 13.8 Å². The molecule has 0 amide bonds. The molecular formula is C19H24N2O3S. The molecule has 134 valence electrons. The van der Waals surface area contributed by atoms with Crippen molar-refractivity contribution in [3.8, 4) is 0 Å². The highest BCUT2D eigenvalue weighted by Gasteiger charge is 2.44. The zero-order chi connectivity index (χ0) is 18.4. The molecule has 2 heterocycles. The number of hydrogen-bond donors (Lipinski definition) is 1. The van der Waals surface area contributed by atoms with Crippen molar-refractivity contribution in [3.05, 3.63) is 38.6 Å². The lowest BCUT2D eigenvalue weighted by atomic mass is 9.70. The summed E-state index contributed by atoms with van der Waals surface area (Å²) in [6.45, 7) is 10.1. The molecule has 1 N–H and O–H groups in total. The molecule has 2 aliphatic rings. The van der Waals surface area contributed by atoms with Crippen molar-refractivity contribution in [1.29, 1.82) is 0 Å². The van der Waals surface area contributed by atoms with Gasteiger partial charge in [-0.2, -0.15) is 0 Å². The van der Waals surface area contributed by atoms with E-state index in [1.807, 2.05) is 19.2 Å². The van der Waals surface area contributed by atoms with E-state index in [0.29, 0.717) is 24.2 Å². The van der Waals surface area contributed by atoms with Crippen LogP contribution in [0.4, 0.5) is 0 Å². The van der Waals surface area contributed by atoms with E-state index in [1.54, 1.807) is 6.92 Å². The maximum atomic E-state index is 13.0. The zero-order valence-corrected chi connectivity index (χ0v) is 16.2. The monoisotopic (exact) mass is 360 g/mol. The Kier molecular flexibility index (Phi) is 4.58. The smallest absolute Gasteiger partial charge is 0.336 e. The van der Waals surface area contributed by atoms with Crippen LogP contribution in [0.2, 0.25) is 0 Å². The van der Waals surface area contributed by atoms with Crippen LogP contribution in [0.5, 0.6) is 0 Å². The number of carbonyl (C=O) groups excluding carboxylic acids is 2. The molecule has 0 aromatic carbocycles. The number of nitrogens with one attached hydrogen (secondary N) is 1. The number of carbonyl (C=O) groups is 2. The van der Waals surface area contributed by atoms with Crippen molar-refractivity contribution in [1.82, 2.24) is 10.3 Å². The molecule has 1 aliphatic carbocycles. The molecule has 0 fully saturated rings. The van der Waals surface area contributed by atoms with Gasteiger partial charge in [0.2, 0.25) is 0 Å². The van der Waals surface area contributed by atoms with Gasteiger partial charge in [-0.3, -0.25) is 4.79 Å². The number of hydrogen-bond acceptors (Lipinski definition) is 6. The van der Waals surface area contributed by atoms with Crippen LogP contribution in [-0.4, -0.2) is 23.3 Å². The second-order valence-electron chi connectivity index (χ2n) is 7.48. The van der Waals surface area contributed by atoms with Crippen LogP contribution in [0.3, 0.4) is 0 Å². The first-order valence-corrected chi connectivity index (χ1v) is 9.44. The zero-order valence-electron chi connectivity index (χ0n) is 15.4. The van der Waals surface area contributed by atoms with Crippen LogP contribution < -0.4 is 5.32 Å². The van der Waals surface area contributed by atoms with Crippen molar-refractivity contribution < 1.29 is 14.3 Å². The first kappa shape index (κ1) is 17.9. The Labute approximate surface area is 152 Å². The van der Waals surface area contributed by atoms with Crippen LogP contribution in [0.15, 0.2) is 27.9 Å². The maximum absolute atomic E-state index is 13.0. The van der Waals surface area contributed by atoms with Crippen LogP contribution in [-0.2, 0) is 14.3 Å². The topological polar surface area (TPSA) is 68.3 Å². The van der Waals surface area contributed by atoms with Gasteiger partial charge in [0, 0.05) is 34.5 Å². The fraction of sp³-hybridized carbons (Fsp3) is 0.526. The van der Waals surface area contributed by atoms with Gasteiger partial charge in [-0.15, -0.1) is 11.3 Å². The molecule has 0 saturated heterocycles. The lowest BCUT2D eigenvalue weighted by Gasteiger charge is -2.38. The lowest BCUT2D eigenvalue weighted by Crippen LogP contribution is -2.38. The molecule has 1 unspecified atom stereocenters. The second-order valence-corrected chi connectivity index (χ2v) is 8.37. The van der Waals surface area contributed by atoms with Crippen molar-refractivity contribution >= 4 is 23.1 Å². The Morgan fingerprint density at radius 3 is 2.72 bits per heavy atom. The van der Waals surface area contributed by atoms with Crippen LogP contribution in [0.25, 0.3) is 0 Å². The summed E-state index contributed by atoms with van der Waals surface area (Å²) in [6, 6.07) is 0. The predicted molar refractivity (Wildman–Crippen MR) is 97.1 cm³/mol. The van der Waals surface area contributed by atoms with E-state index in [-0.39, 0.29) is 17.2 Å².